The zero-order valence-corrected chi connectivity index (χ0v) is 17.4. The van der Waals surface area contributed by atoms with Gasteiger partial charge in [-0.25, -0.2) is 0 Å². The van der Waals surface area contributed by atoms with Gasteiger partial charge in [-0.15, -0.1) is 0 Å². The van der Waals surface area contributed by atoms with Gasteiger partial charge in [0, 0.05) is 50.0 Å². The lowest BCUT2D eigenvalue weighted by Crippen LogP contribution is -2.54. The van der Waals surface area contributed by atoms with Crippen LogP contribution in [-0.4, -0.2) is 65.6 Å². The molecule has 4 fully saturated rings. The molecule has 6 rings (SSSR count). The molecule has 4 amide bonds. The molecule has 3 unspecified atom stereocenters. The zero-order chi connectivity index (χ0) is 21.4. The molecule has 0 radical (unpaired) electrons. The van der Waals surface area contributed by atoms with Crippen LogP contribution in [0.3, 0.4) is 0 Å². The molecule has 8 heteroatoms. The molecule has 1 aliphatic carbocycles. The van der Waals surface area contributed by atoms with Crippen LogP contribution in [0.5, 0.6) is 0 Å². The van der Waals surface area contributed by atoms with Gasteiger partial charge < -0.3 is 5.32 Å². The maximum Gasteiger partial charge on any atom is 0.262 e. The average Bonchev–Trinajstić information content (AvgIpc) is 3.37. The second kappa shape index (κ2) is 6.46. The summed E-state index contributed by atoms with van der Waals surface area (Å²) < 4.78 is 0. The first-order valence-electron chi connectivity index (χ1n) is 11.2. The van der Waals surface area contributed by atoms with E-state index in [0.717, 1.165) is 43.2 Å². The SMILES string of the molecule is O=C1CCC(N2C(=O)c3ccc(CN4CC56CCCC5(CNC6)C4)cc3C2=O)C(=O)N1. The standard InChI is InChI=1S/C23H26N4O4/c28-18-5-4-17(19(29)25-18)27-20(30)15-3-2-14(8-16(15)21(27)31)9-26-12-22-6-1-7-23(22,13-26)11-24-10-22/h2-3,8,17,24H,1,4-7,9-13H2,(H,25,28,29). The van der Waals surface area contributed by atoms with E-state index >= 15 is 0 Å². The molecule has 3 saturated heterocycles. The topological polar surface area (TPSA) is 98.8 Å². The van der Waals surface area contributed by atoms with Crippen molar-refractivity contribution in [3.8, 4) is 0 Å². The van der Waals surface area contributed by atoms with Crippen molar-refractivity contribution in [1.82, 2.24) is 20.4 Å². The Hall–Kier alpha value is -2.58. The Morgan fingerprint density at radius 3 is 2.39 bits per heavy atom. The van der Waals surface area contributed by atoms with Gasteiger partial charge in [-0.05, 0) is 37.0 Å². The fourth-order valence-corrected chi connectivity index (χ4v) is 6.89. The highest BCUT2D eigenvalue weighted by Crippen LogP contribution is 2.59. The number of amides is 4. The quantitative estimate of drug-likeness (QED) is 0.695. The maximum atomic E-state index is 13.1. The monoisotopic (exact) mass is 422 g/mol. The molecule has 2 N–H and O–H groups in total. The van der Waals surface area contributed by atoms with E-state index in [2.05, 4.69) is 15.5 Å². The van der Waals surface area contributed by atoms with Crippen LogP contribution in [0, 0.1) is 10.8 Å². The van der Waals surface area contributed by atoms with E-state index in [1.54, 1.807) is 6.07 Å². The third-order valence-corrected chi connectivity index (χ3v) is 8.33. The summed E-state index contributed by atoms with van der Waals surface area (Å²) in [6.07, 6.45) is 4.20. The third-order valence-electron chi connectivity index (χ3n) is 8.33. The predicted molar refractivity (Wildman–Crippen MR) is 110 cm³/mol. The van der Waals surface area contributed by atoms with Crippen molar-refractivity contribution >= 4 is 23.6 Å². The fraction of sp³-hybridized carbons (Fsp3) is 0.565. The van der Waals surface area contributed by atoms with E-state index < -0.39 is 23.8 Å². The molecule has 3 atom stereocenters. The van der Waals surface area contributed by atoms with Gasteiger partial charge in [0.15, 0.2) is 0 Å². The second-order valence-corrected chi connectivity index (χ2v) is 9.99. The highest BCUT2D eigenvalue weighted by molar-refractivity contribution is 6.23. The van der Waals surface area contributed by atoms with Crippen molar-refractivity contribution in [1.29, 1.82) is 0 Å². The van der Waals surface area contributed by atoms with E-state index in [1.165, 1.54) is 19.3 Å². The summed E-state index contributed by atoms with van der Waals surface area (Å²) in [6.45, 7) is 5.11. The number of imide groups is 2. The van der Waals surface area contributed by atoms with Crippen LogP contribution in [0.1, 0.15) is 58.4 Å². The Morgan fingerprint density at radius 2 is 1.68 bits per heavy atom. The number of benzene rings is 1. The van der Waals surface area contributed by atoms with E-state index in [4.69, 9.17) is 0 Å². The van der Waals surface area contributed by atoms with Gasteiger partial charge in [0.1, 0.15) is 6.04 Å². The first-order valence-corrected chi connectivity index (χ1v) is 11.2. The molecule has 1 saturated carbocycles. The van der Waals surface area contributed by atoms with Gasteiger partial charge >= 0.3 is 0 Å². The lowest BCUT2D eigenvalue weighted by Gasteiger charge is -2.30. The molecule has 31 heavy (non-hydrogen) atoms. The van der Waals surface area contributed by atoms with Gasteiger partial charge in [0.2, 0.25) is 11.8 Å². The van der Waals surface area contributed by atoms with Gasteiger partial charge in [0.25, 0.3) is 11.8 Å². The number of nitrogens with zero attached hydrogens (tertiary/aromatic N) is 2. The Labute approximate surface area is 180 Å². The van der Waals surface area contributed by atoms with E-state index in [-0.39, 0.29) is 18.7 Å². The minimum atomic E-state index is -0.920. The highest BCUT2D eigenvalue weighted by Gasteiger charge is 2.62. The smallest absolute Gasteiger partial charge is 0.262 e. The van der Waals surface area contributed by atoms with Crippen LogP contribution >= 0.6 is 0 Å². The normalized spacial score (nSPS) is 34.8. The van der Waals surface area contributed by atoms with E-state index in [1.807, 2.05) is 12.1 Å². The Balaban J connectivity index is 1.22. The Morgan fingerprint density at radius 1 is 0.968 bits per heavy atom. The van der Waals surface area contributed by atoms with Gasteiger partial charge in [0.05, 0.1) is 11.1 Å². The molecule has 5 aliphatic rings. The second-order valence-electron chi connectivity index (χ2n) is 9.99. The van der Waals surface area contributed by atoms with Gasteiger partial charge in [-0.2, -0.15) is 0 Å². The summed E-state index contributed by atoms with van der Waals surface area (Å²) in [5.74, 6) is -1.83. The number of carbonyl (C=O) groups excluding carboxylic acids is 4. The molecule has 0 aromatic heterocycles. The van der Waals surface area contributed by atoms with Crippen molar-refractivity contribution < 1.29 is 19.2 Å². The molecular formula is C23H26N4O4. The van der Waals surface area contributed by atoms with Crippen molar-refractivity contribution in [3.63, 3.8) is 0 Å². The maximum absolute atomic E-state index is 13.1. The number of fused-ring (bicyclic) bond motifs is 1. The van der Waals surface area contributed by atoms with Crippen molar-refractivity contribution in [3.05, 3.63) is 34.9 Å². The summed E-state index contributed by atoms with van der Waals surface area (Å²) in [7, 11) is 0. The summed E-state index contributed by atoms with van der Waals surface area (Å²) in [4.78, 5) is 53.1. The molecule has 8 nitrogen and oxygen atoms in total. The molecule has 0 spiro atoms. The van der Waals surface area contributed by atoms with Crippen LogP contribution < -0.4 is 10.6 Å². The molecule has 4 heterocycles. The molecule has 0 bridgehead atoms. The lowest BCUT2D eigenvalue weighted by atomic mass is 9.71. The minimum absolute atomic E-state index is 0.127. The number of rotatable bonds is 3. The van der Waals surface area contributed by atoms with Gasteiger partial charge in [-0.1, -0.05) is 12.5 Å². The number of hydrogen-bond acceptors (Lipinski definition) is 6. The minimum Gasteiger partial charge on any atom is -0.315 e. The van der Waals surface area contributed by atoms with Crippen LogP contribution in [-0.2, 0) is 16.1 Å². The first-order chi connectivity index (χ1) is 14.9. The molecule has 1 aromatic rings. The Kier molecular flexibility index (Phi) is 3.99. The molecule has 4 aliphatic heterocycles. The van der Waals surface area contributed by atoms with E-state index in [9.17, 15) is 19.2 Å². The van der Waals surface area contributed by atoms with Crippen LogP contribution in [0.4, 0.5) is 0 Å². The van der Waals surface area contributed by atoms with Crippen molar-refractivity contribution in [2.45, 2.75) is 44.7 Å². The number of piperidine rings is 1. The van der Waals surface area contributed by atoms with Crippen LogP contribution in [0.2, 0.25) is 0 Å². The van der Waals surface area contributed by atoms with Crippen LogP contribution in [0.25, 0.3) is 0 Å². The average molecular weight is 422 g/mol. The van der Waals surface area contributed by atoms with Gasteiger partial charge in [-0.3, -0.25) is 34.3 Å². The van der Waals surface area contributed by atoms with E-state index in [0.29, 0.717) is 22.0 Å². The number of carbonyl (C=O) groups is 4. The largest absolute Gasteiger partial charge is 0.315 e. The lowest BCUT2D eigenvalue weighted by molar-refractivity contribution is -0.136. The number of hydrogen-bond donors (Lipinski definition) is 2. The summed E-state index contributed by atoms with van der Waals surface area (Å²) in [6, 6.07) is 4.54. The highest BCUT2D eigenvalue weighted by atomic mass is 16.2. The summed E-state index contributed by atoms with van der Waals surface area (Å²) in [5, 5.41) is 5.85. The molecule has 1 aromatic carbocycles. The first kappa shape index (κ1) is 19.1. The van der Waals surface area contributed by atoms with Crippen molar-refractivity contribution in [2.75, 3.05) is 26.2 Å². The Bertz CT molecular complexity index is 1000. The zero-order valence-electron chi connectivity index (χ0n) is 17.4. The third kappa shape index (κ3) is 2.61. The predicted octanol–water partition coefficient (Wildman–Crippen LogP) is 0.663. The number of nitrogens with one attached hydrogen (secondary N) is 2. The van der Waals surface area contributed by atoms with Crippen LogP contribution in [0.15, 0.2) is 18.2 Å². The molecular weight excluding hydrogens is 396 g/mol. The fourth-order valence-electron chi connectivity index (χ4n) is 6.89. The summed E-state index contributed by atoms with van der Waals surface area (Å²) >= 11 is 0. The molecule has 162 valence electrons. The summed E-state index contributed by atoms with van der Waals surface area (Å²) in [5.41, 5.74) is 2.50. The van der Waals surface area contributed by atoms with Crippen molar-refractivity contribution in [2.24, 2.45) is 10.8 Å². The number of likely N-dealkylation sites (tertiary alicyclic amines) is 1.